The SMILES string of the molecule is Cc1ccc(Nc2cncc(C(=O)N3CCN(C)CC3)c2)cc1C. The van der Waals surface area contributed by atoms with Crippen molar-refractivity contribution in [2.24, 2.45) is 0 Å². The smallest absolute Gasteiger partial charge is 0.255 e. The van der Waals surface area contributed by atoms with Crippen LogP contribution in [-0.2, 0) is 0 Å². The van der Waals surface area contributed by atoms with Crippen LogP contribution in [0, 0.1) is 13.8 Å². The molecule has 3 rings (SSSR count). The number of nitrogens with zero attached hydrogens (tertiary/aromatic N) is 3. The van der Waals surface area contributed by atoms with Crippen LogP contribution in [0.5, 0.6) is 0 Å². The first-order chi connectivity index (χ1) is 11.5. The molecule has 1 aromatic heterocycles. The fraction of sp³-hybridized carbons (Fsp3) is 0.368. The minimum atomic E-state index is 0.0549. The average molecular weight is 324 g/mol. The highest BCUT2D eigenvalue weighted by Crippen LogP contribution is 2.20. The standard InChI is InChI=1S/C19H24N4O/c1-14-4-5-17(10-15(14)2)21-18-11-16(12-20-13-18)19(24)23-8-6-22(3)7-9-23/h4-5,10-13,21H,6-9H2,1-3H3. The van der Waals surface area contributed by atoms with Gasteiger partial charge in [0, 0.05) is 38.1 Å². The zero-order chi connectivity index (χ0) is 17.1. The van der Waals surface area contributed by atoms with Gasteiger partial charge in [-0.3, -0.25) is 9.78 Å². The van der Waals surface area contributed by atoms with Gasteiger partial charge in [-0.05, 0) is 50.2 Å². The van der Waals surface area contributed by atoms with E-state index < -0.39 is 0 Å². The molecule has 5 nitrogen and oxygen atoms in total. The van der Waals surface area contributed by atoms with E-state index in [-0.39, 0.29) is 5.91 Å². The van der Waals surface area contributed by atoms with Gasteiger partial charge in [-0.2, -0.15) is 0 Å². The van der Waals surface area contributed by atoms with E-state index in [0.29, 0.717) is 5.56 Å². The third kappa shape index (κ3) is 3.74. The summed E-state index contributed by atoms with van der Waals surface area (Å²) in [6, 6.07) is 8.11. The van der Waals surface area contributed by atoms with E-state index >= 15 is 0 Å². The van der Waals surface area contributed by atoms with Crippen molar-refractivity contribution in [3.63, 3.8) is 0 Å². The lowest BCUT2D eigenvalue weighted by molar-refractivity contribution is 0.0663. The van der Waals surface area contributed by atoms with Crippen molar-refractivity contribution in [1.29, 1.82) is 0 Å². The molecular weight excluding hydrogens is 300 g/mol. The number of rotatable bonds is 3. The molecule has 0 atom stereocenters. The lowest BCUT2D eigenvalue weighted by atomic mass is 10.1. The second-order valence-corrected chi connectivity index (χ2v) is 6.48. The first kappa shape index (κ1) is 16.5. The van der Waals surface area contributed by atoms with Crippen LogP contribution in [0.2, 0.25) is 0 Å². The van der Waals surface area contributed by atoms with Crippen LogP contribution in [0.15, 0.2) is 36.7 Å². The Morgan fingerprint density at radius 2 is 1.75 bits per heavy atom. The molecule has 0 radical (unpaired) electrons. The summed E-state index contributed by atoms with van der Waals surface area (Å²) in [5.74, 6) is 0.0549. The van der Waals surface area contributed by atoms with Crippen molar-refractivity contribution in [2.45, 2.75) is 13.8 Å². The van der Waals surface area contributed by atoms with E-state index in [9.17, 15) is 4.79 Å². The molecule has 1 aliphatic rings. The first-order valence-corrected chi connectivity index (χ1v) is 8.30. The number of carbonyl (C=O) groups is 1. The van der Waals surface area contributed by atoms with Crippen LogP contribution in [0.25, 0.3) is 0 Å². The van der Waals surface area contributed by atoms with Gasteiger partial charge in [0.2, 0.25) is 0 Å². The van der Waals surface area contributed by atoms with Gasteiger partial charge in [0.15, 0.2) is 0 Å². The summed E-state index contributed by atoms with van der Waals surface area (Å²) in [6.45, 7) is 7.55. The van der Waals surface area contributed by atoms with Crippen LogP contribution in [0.3, 0.4) is 0 Å². The topological polar surface area (TPSA) is 48.5 Å². The predicted octanol–water partition coefficient (Wildman–Crippen LogP) is 2.83. The van der Waals surface area contributed by atoms with Gasteiger partial charge in [0.25, 0.3) is 5.91 Å². The molecule has 1 amide bonds. The number of likely N-dealkylation sites (N-methyl/N-ethyl adjacent to an activating group) is 1. The zero-order valence-electron chi connectivity index (χ0n) is 14.5. The molecule has 0 unspecified atom stereocenters. The Hall–Kier alpha value is -2.40. The molecule has 24 heavy (non-hydrogen) atoms. The van der Waals surface area contributed by atoms with Gasteiger partial charge < -0.3 is 15.1 Å². The second-order valence-electron chi connectivity index (χ2n) is 6.48. The molecule has 2 heterocycles. The molecule has 0 aliphatic carbocycles. The molecular formula is C19H24N4O. The van der Waals surface area contributed by atoms with Crippen molar-refractivity contribution in [3.05, 3.63) is 53.3 Å². The number of hydrogen-bond donors (Lipinski definition) is 1. The Bertz CT molecular complexity index is 736. The molecule has 1 fully saturated rings. The van der Waals surface area contributed by atoms with Crippen molar-refractivity contribution < 1.29 is 4.79 Å². The normalized spacial score (nSPS) is 15.4. The summed E-state index contributed by atoms with van der Waals surface area (Å²) in [5.41, 5.74) is 4.96. The highest BCUT2D eigenvalue weighted by molar-refractivity contribution is 5.95. The number of hydrogen-bond acceptors (Lipinski definition) is 4. The van der Waals surface area contributed by atoms with Gasteiger partial charge >= 0.3 is 0 Å². The Labute approximate surface area is 143 Å². The molecule has 1 N–H and O–H groups in total. The number of carbonyl (C=O) groups excluding carboxylic acids is 1. The van der Waals surface area contributed by atoms with Crippen molar-refractivity contribution >= 4 is 17.3 Å². The summed E-state index contributed by atoms with van der Waals surface area (Å²) >= 11 is 0. The van der Waals surface area contributed by atoms with Crippen LogP contribution in [0.4, 0.5) is 11.4 Å². The fourth-order valence-electron chi connectivity index (χ4n) is 2.80. The van der Waals surface area contributed by atoms with Gasteiger partial charge in [-0.15, -0.1) is 0 Å². The molecule has 2 aromatic rings. The minimum absolute atomic E-state index is 0.0549. The summed E-state index contributed by atoms with van der Waals surface area (Å²) in [7, 11) is 2.08. The van der Waals surface area contributed by atoms with Crippen molar-refractivity contribution in [2.75, 3.05) is 38.5 Å². The largest absolute Gasteiger partial charge is 0.354 e. The van der Waals surface area contributed by atoms with E-state index in [4.69, 9.17) is 0 Å². The predicted molar refractivity (Wildman–Crippen MR) is 96.8 cm³/mol. The Balaban J connectivity index is 1.73. The fourth-order valence-corrected chi connectivity index (χ4v) is 2.80. The lowest BCUT2D eigenvalue weighted by Crippen LogP contribution is -2.47. The highest BCUT2D eigenvalue weighted by Gasteiger charge is 2.20. The number of benzene rings is 1. The Morgan fingerprint density at radius 1 is 1.00 bits per heavy atom. The van der Waals surface area contributed by atoms with Crippen LogP contribution in [-0.4, -0.2) is 53.9 Å². The van der Waals surface area contributed by atoms with Gasteiger partial charge in [0.1, 0.15) is 0 Å². The van der Waals surface area contributed by atoms with E-state index in [0.717, 1.165) is 37.6 Å². The van der Waals surface area contributed by atoms with Crippen molar-refractivity contribution in [3.8, 4) is 0 Å². The molecule has 0 bridgehead atoms. The summed E-state index contributed by atoms with van der Waals surface area (Å²) in [6.07, 6.45) is 3.39. The maximum Gasteiger partial charge on any atom is 0.255 e. The average Bonchev–Trinajstić information content (AvgIpc) is 2.58. The van der Waals surface area contributed by atoms with Crippen LogP contribution < -0.4 is 5.32 Å². The highest BCUT2D eigenvalue weighted by atomic mass is 16.2. The van der Waals surface area contributed by atoms with E-state index in [1.165, 1.54) is 11.1 Å². The van der Waals surface area contributed by atoms with Gasteiger partial charge in [0.05, 0.1) is 17.4 Å². The second kappa shape index (κ2) is 7.01. The maximum absolute atomic E-state index is 12.6. The molecule has 126 valence electrons. The number of aromatic nitrogens is 1. The number of aryl methyl sites for hydroxylation is 2. The third-order valence-electron chi connectivity index (χ3n) is 4.57. The minimum Gasteiger partial charge on any atom is -0.354 e. The van der Waals surface area contributed by atoms with Gasteiger partial charge in [-0.1, -0.05) is 6.07 Å². The first-order valence-electron chi connectivity index (χ1n) is 8.30. The van der Waals surface area contributed by atoms with Gasteiger partial charge in [-0.25, -0.2) is 0 Å². The molecule has 1 aliphatic heterocycles. The lowest BCUT2D eigenvalue weighted by Gasteiger charge is -2.32. The zero-order valence-corrected chi connectivity index (χ0v) is 14.5. The Kier molecular flexibility index (Phi) is 4.81. The number of amides is 1. The molecule has 0 saturated carbocycles. The molecule has 1 saturated heterocycles. The number of nitrogens with one attached hydrogen (secondary N) is 1. The third-order valence-corrected chi connectivity index (χ3v) is 4.57. The number of piperazine rings is 1. The van der Waals surface area contributed by atoms with Crippen molar-refractivity contribution in [1.82, 2.24) is 14.8 Å². The monoisotopic (exact) mass is 324 g/mol. The molecule has 1 aromatic carbocycles. The number of anilines is 2. The van der Waals surface area contributed by atoms with E-state index in [1.54, 1.807) is 12.4 Å². The number of pyridine rings is 1. The molecule has 5 heteroatoms. The molecule has 0 spiro atoms. The maximum atomic E-state index is 12.6. The summed E-state index contributed by atoms with van der Waals surface area (Å²) < 4.78 is 0. The van der Waals surface area contributed by atoms with Crippen LogP contribution >= 0.6 is 0 Å². The quantitative estimate of drug-likeness (QED) is 0.943. The summed E-state index contributed by atoms with van der Waals surface area (Å²) in [4.78, 5) is 21.0. The summed E-state index contributed by atoms with van der Waals surface area (Å²) in [5, 5.41) is 3.34. The van der Waals surface area contributed by atoms with E-state index in [1.807, 2.05) is 17.0 Å². The van der Waals surface area contributed by atoms with E-state index in [2.05, 4.69) is 48.2 Å². The Morgan fingerprint density at radius 3 is 2.46 bits per heavy atom. The van der Waals surface area contributed by atoms with Crippen LogP contribution in [0.1, 0.15) is 21.5 Å².